The number of nitrogens with zero attached hydrogens (tertiary/aromatic N) is 3. The van der Waals surface area contributed by atoms with Crippen LogP contribution in [0.2, 0.25) is 0 Å². The van der Waals surface area contributed by atoms with Gasteiger partial charge in [-0.25, -0.2) is 0 Å². The third-order valence-corrected chi connectivity index (χ3v) is 4.52. The Morgan fingerprint density at radius 2 is 1.86 bits per heavy atom. The second kappa shape index (κ2) is 8.33. The van der Waals surface area contributed by atoms with Crippen molar-refractivity contribution >= 4 is 38.0 Å². The number of rotatable bonds is 6. The van der Waals surface area contributed by atoms with Gasteiger partial charge in [-0.2, -0.15) is 2.95 Å². The molecule has 7 heteroatoms. The highest BCUT2D eigenvalue weighted by atomic mass is 79.9. The van der Waals surface area contributed by atoms with E-state index in [2.05, 4.69) is 47.4 Å². The van der Waals surface area contributed by atoms with Gasteiger partial charge in [0.2, 0.25) is 0 Å². The van der Waals surface area contributed by atoms with Gasteiger partial charge in [-0.1, -0.05) is 0 Å². The Balaban J connectivity index is 1.83. The zero-order chi connectivity index (χ0) is 15.2. The maximum Gasteiger partial charge on any atom is 0.120 e. The summed E-state index contributed by atoms with van der Waals surface area (Å²) < 4.78 is 1.85. The average molecular weight is 422 g/mol. The molecule has 1 aromatic rings. The highest BCUT2D eigenvalue weighted by molar-refractivity contribution is 9.21. The Kier molecular flexibility index (Phi) is 6.75. The minimum absolute atomic E-state index is 0.380. The summed E-state index contributed by atoms with van der Waals surface area (Å²) in [6.45, 7) is 7.01. The van der Waals surface area contributed by atoms with E-state index < -0.39 is 0 Å². The van der Waals surface area contributed by atoms with Crippen LogP contribution in [0.1, 0.15) is 5.56 Å². The van der Waals surface area contributed by atoms with E-state index in [-0.39, 0.29) is 0 Å². The molecule has 118 valence electrons. The quantitative estimate of drug-likeness (QED) is 0.545. The first-order valence-electron chi connectivity index (χ1n) is 7.12. The second-order valence-electron chi connectivity index (χ2n) is 5.24. The standard InChI is InChI=1S/C14H22Br2N4O/c1-17-13-2-3-14(21)12(10-13)11-19-6-4-18(5-7-19)8-9-20(15)16/h2-3,10,17,21H,4-9,11H2,1H3. The Morgan fingerprint density at radius 3 is 2.48 bits per heavy atom. The van der Waals surface area contributed by atoms with Gasteiger partial charge in [0, 0.05) is 96.4 Å². The molecule has 1 fully saturated rings. The van der Waals surface area contributed by atoms with Gasteiger partial charge < -0.3 is 10.4 Å². The van der Waals surface area contributed by atoms with Crippen molar-refractivity contribution in [2.75, 3.05) is 51.6 Å². The maximum atomic E-state index is 9.98. The lowest BCUT2D eigenvalue weighted by Gasteiger charge is -2.35. The van der Waals surface area contributed by atoms with E-state index in [1.165, 1.54) is 0 Å². The third kappa shape index (κ3) is 5.41. The fourth-order valence-electron chi connectivity index (χ4n) is 2.50. The minimum Gasteiger partial charge on any atom is -0.508 e. The maximum absolute atomic E-state index is 9.98. The van der Waals surface area contributed by atoms with Crippen LogP contribution in [0, 0.1) is 0 Å². The van der Waals surface area contributed by atoms with Crippen molar-refractivity contribution in [3.63, 3.8) is 0 Å². The van der Waals surface area contributed by atoms with E-state index in [0.29, 0.717) is 5.75 Å². The van der Waals surface area contributed by atoms with Crippen molar-refractivity contribution in [1.29, 1.82) is 0 Å². The van der Waals surface area contributed by atoms with Crippen LogP contribution in [0.4, 0.5) is 5.69 Å². The molecule has 0 bridgehead atoms. The number of aromatic hydroxyl groups is 1. The molecule has 0 amide bonds. The Bertz CT molecular complexity index is 451. The molecule has 0 radical (unpaired) electrons. The number of benzene rings is 1. The molecule has 0 aromatic heterocycles. The lowest BCUT2D eigenvalue weighted by Crippen LogP contribution is -2.47. The topological polar surface area (TPSA) is 42.0 Å². The summed E-state index contributed by atoms with van der Waals surface area (Å²) in [4.78, 5) is 4.85. The average Bonchev–Trinajstić information content (AvgIpc) is 2.48. The van der Waals surface area contributed by atoms with Crippen molar-refractivity contribution in [3.05, 3.63) is 23.8 Å². The Labute approximate surface area is 143 Å². The third-order valence-electron chi connectivity index (χ3n) is 3.81. The predicted octanol–water partition coefficient (Wildman–Crippen LogP) is 2.47. The molecule has 0 spiro atoms. The smallest absolute Gasteiger partial charge is 0.120 e. The van der Waals surface area contributed by atoms with E-state index in [1.807, 2.05) is 22.1 Å². The van der Waals surface area contributed by atoms with E-state index >= 15 is 0 Å². The van der Waals surface area contributed by atoms with Crippen LogP contribution in [0.5, 0.6) is 5.75 Å². The first-order chi connectivity index (χ1) is 10.1. The monoisotopic (exact) mass is 420 g/mol. The molecule has 1 aromatic carbocycles. The lowest BCUT2D eigenvalue weighted by molar-refractivity contribution is 0.126. The number of nitrogens with one attached hydrogen (secondary N) is 1. The molecule has 0 atom stereocenters. The van der Waals surface area contributed by atoms with Gasteiger partial charge in [0.05, 0.1) is 0 Å². The Hall–Kier alpha value is -0.340. The number of phenols is 1. The highest BCUT2D eigenvalue weighted by Crippen LogP contribution is 2.23. The van der Waals surface area contributed by atoms with Crippen molar-refractivity contribution < 1.29 is 5.11 Å². The number of halogens is 2. The van der Waals surface area contributed by atoms with E-state index in [9.17, 15) is 5.11 Å². The summed E-state index contributed by atoms with van der Waals surface area (Å²) in [6.07, 6.45) is 0. The first kappa shape index (κ1) is 17.0. The van der Waals surface area contributed by atoms with Crippen molar-refractivity contribution in [2.24, 2.45) is 0 Å². The van der Waals surface area contributed by atoms with Crippen LogP contribution in [0.25, 0.3) is 0 Å². The minimum atomic E-state index is 0.380. The summed E-state index contributed by atoms with van der Waals surface area (Å²) in [6, 6.07) is 5.68. The number of anilines is 1. The summed E-state index contributed by atoms with van der Waals surface area (Å²) in [7, 11) is 1.89. The molecule has 1 aliphatic rings. The molecular formula is C14H22Br2N4O. The van der Waals surface area contributed by atoms with Gasteiger partial charge >= 0.3 is 0 Å². The van der Waals surface area contributed by atoms with Crippen LogP contribution in [-0.4, -0.2) is 64.2 Å². The molecule has 2 rings (SSSR count). The van der Waals surface area contributed by atoms with Gasteiger partial charge in [-0.15, -0.1) is 0 Å². The summed E-state index contributed by atoms with van der Waals surface area (Å²) in [5.41, 5.74) is 2.03. The van der Waals surface area contributed by atoms with Crippen LogP contribution in [-0.2, 0) is 6.54 Å². The molecule has 21 heavy (non-hydrogen) atoms. The van der Waals surface area contributed by atoms with Crippen LogP contribution >= 0.6 is 32.3 Å². The van der Waals surface area contributed by atoms with Crippen molar-refractivity contribution in [1.82, 2.24) is 12.8 Å². The zero-order valence-corrected chi connectivity index (χ0v) is 15.4. The molecule has 0 unspecified atom stereocenters. The van der Waals surface area contributed by atoms with E-state index in [1.54, 1.807) is 6.07 Å². The molecular weight excluding hydrogens is 400 g/mol. The number of hydrogen-bond donors (Lipinski definition) is 2. The second-order valence-corrected chi connectivity index (χ2v) is 7.90. The molecule has 2 N–H and O–H groups in total. The zero-order valence-electron chi connectivity index (χ0n) is 12.2. The molecule has 1 saturated heterocycles. The fourth-order valence-corrected chi connectivity index (χ4v) is 2.81. The normalized spacial score (nSPS) is 17.3. The summed E-state index contributed by atoms with van der Waals surface area (Å²) in [5, 5.41) is 13.1. The van der Waals surface area contributed by atoms with Crippen LogP contribution in [0.3, 0.4) is 0 Å². The lowest BCUT2D eigenvalue weighted by atomic mass is 10.1. The Morgan fingerprint density at radius 1 is 1.19 bits per heavy atom. The van der Waals surface area contributed by atoms with Gasteiger partial charge in [-0.05, 0) is 18.2 Å². The van der Waals surface area contributed by atoms with Crippen molar-refractivity contribution in [2.45, 2.75) is 6.54 Å². The van der Waals surface area contributed by atoms with Gasteiger partial charge in [-0.3, -0.25) is 9.80 Å². The molecule has 5 nitrogen and oxygen atoms in total. The SMILES string of the molecule is CNc1ccc(O)c(CN2CCN(CCN(Br)Br)CC2)c1. The van der Waals surface area contributed by atoms with Gasteiger partial charge in [0.1, 0.15) is 5.75 Å². The number of piperazine rings is 1. The summed E-state index contributed by atoms with van der Waals surface area (Å²) in [5.74, 6) is 0.380. The van der Waals surface area contributed by atoms with Gasteiger partial charge in [0.15, 0.2) is 0 Å². The fraction of sp³-hybridized carbons (Fsp3) is 0.571. The largest absolute Gasteiger partial charge is 0.508 e. The van der Waals surface area contributed by atoms with E-state index in [0.717, 1.165) is 57.1 Å². The molecule has 1 heterocycles. The first-order valence-corrected chi connectivity index (χ1v) is 8.54. The highest BCUT2D eigenvalue weighted by Gasteiger charge is 2.18. The van der Waals surface area contributed by atoms with Gasteiger partial charge in [0.25, 0.3) is 0 Å². The predicted molar refractivity (Wildman–Crippen MR) is 93.9 cm³/mol. The molecule has 0 saturated carbocycles. The molecule has 1 aliphatic heterocycles. The summed E-state index contributed by atoms with van der Waals surface area (Å²) >= 11 is 6.72. The number of phenolic OH excluding ortho intramolecular Hbond substituents is 1. The van der Waals surface area contributed by atoms with E-state index in [4.69, 9.17) is 0 Å². The van der Waals surface area contributed by atoms with Crippen LogP contribution < -0.4 is 5.32 Å². The number of hydrogen-bond acceptors (Lipinski definition) is 5. The van der Waals surface area contributed by atoms with Crippen LogP contribution in [0.15, 0.2) is 18.2 Å². The van der Waals surface area contributed by atoms with Crippen molar-refractivity contribution in [3.8, 4) is 5.75 Å². The molecule has 0 aliphatic carbocycles.